The molecular formula is C15H30N2O3Si. The molecule has 122 valence electrons. The Morgan fingerprint density at radius 3 is 1.76 bits per heavy atom. The van der Waals surface area contributed by atoms with Crippen molar-refractivity contribution in [2.45, 2.75) is 19.9 Å². The highest BCUT2D eigenvalue weighted by atomic mass is 28.3. The van der Waals surface area contributed by atoms with E-state index >= 15 is 0 Å². The number of hydrogen-bond acceptors (Lipinski definition) is 5. The maximum absolute atomic E-state index is 5.35. The fourth-order valence-corrected chi connectivity index (χ4v) is 2.12. The summed E-state index contributed by atoms with van der Waals surface area (Å²) >= 11 is 0. The minimum absolute atomic E-state index is 0.640. The first-order valence-electron chi connectivity index (χ1n) is 7.24. The molecule has 3 N–H and O–H groups in total. The highest BCUT2D eigenvalue weighted by Gasteiger charge is 2.12. The number of nitrogens with one attached hydrogen (secondary N) is 1. The molecule has 0 spiro atoms. The van der Waals surface area contributed by atoms with E-state index in [-0.39, 0.29) is 0 Å². The van der Waals surface area contributed by atoms with Gasteiger partial charge in [-0.15, -0.1) is 0 Å². The van der Waals surface area contributed by atoms with Crippen molar-refractivity contribution in [2.24, 2.45) is 11.7 Å². The van der Waals surface area contributed by atoms with E-state index in [0.29, 0.717) is 6.54 Å². The normalized spacial score (nSPS) is 13.6. The van der Waals surface area contributed by atoms with Crippen LogP contribution in [-0.2, 0) is 19.8 Å². The standard InChI is InChI=1S/C7H9N.C5H11N.C3H10O3Si/c8-6-7-4-2-1-3-5-7;1-2-5-3-6-4-5;1-4-7(5-2)6-3/h1-5H,6,8H2;5-6H,2-4H2,1H3;7H,1-3H3. The van der Waals surface area contributed by atoms with Crippen LogP contribution in [-0.4, -0.2) is 43.9 Å². The summed E-state index contributed by atoms with van der Waals surface area (Å²) in [4.78, 5) is 0. The van der Waals surface area contributed by atoms with Crippen molar-refractivity contribution in [3.05, 3.63) is 35.9 Å². The molecule has 0 amide bonds. The zero-order chi connectivity index (χ0) is 15.9. The molecule has 0 aliphatic carbocycles. The van der Waals surface area contributed by atoms with E-state index in [0.717, 1.165) is 5.92 Å². The van der Waals surface area contributed by atoms with E-state index in [9.17, 15) is 0 Å². The summed E-state index contributed by atoms with van der Waals surface area (Å²) in [5, 5.41) is 3.21. The van der Waals surface area contributed by atoms with Crippen molar-refractivity contribution in [1.82, 2.24) is 5.32 Å². The van der Waals surface area contributed by atoms with Crippen LogP contribution in [0, 0.1) is 5.92 Å². The van der Waals surface area contributed by atoms with Gasteiger partial charge < -0.3 is 24.3 Å². The van der Waals surface area contributed by atoms with Crippen molar-refractivity contribution in [1.29, 1.82) is 0 Å². The first-order valence-corrected chi connectivity index (χ1v) is 8.66. The van der Waals surface area contributed by atoms with Crippen LogP contribution >= 0.6 is 0 Å². The number of benzene rings is 1. The summed E-state index contributed by atoms with van der Waals surface area (Å²) in [5.41, 5.74) is 6.54. The zero-order valence-electron chi connectivity index (χ0n) is 13.7. The third-order valence-electron chi connectivity index (χ3n) is 3.10. The van der Waals surface area contributed by atoms with E-state index in [2.05, 4.69) is 12.2 Å². The topological polar surface area (TPSA) is 65.7 Å². The molecule has 1 aliphatic heterocycles. The van der Waals surface area contributed by atoms with Crippen molar-refractivity contribution >= 4 is 9.53 Å². The van der Waals surface area contributed by atoms with Crippen LogP contribution in [0.25, 0.3) is 0 Å². The molecule has 0 aromatic heterocycles. The fourth-order valence-electron chi connectivity index (χ4n) is 1.54. The van der Waals surface area contributed by atoms with E-state index in [4.69, 9.17) is 19.0 Å². The second-order valence-corrected chi connectivity index (χ2v) is 6.61. The summed E-state index contributed by atoms with van der Waals surface area (Å²) in [6.07, 6.45) is 1.35. The zero-order valence-corrected chi connectivity index (χ0v) is 14.8. The smallest absolute Gasteiger partial charge is 0.379 e. The van der Waals surface area contributed by atoms with Gasteiger partial charge in [0.05, 0.1) is 0 Å². The summed E-state index contributed by atoms with van der Waals surface area (Å²) in [6, 6.07) is 9.99. The molecule has 21 heavy (non-hydrogen) atoms. The summed E-state index contributed by atoms with van der Waals surface area (Å²) in [7, 11) is 3.05. The lowest BCUT2D eigenvalue weighted by Crippen LogP contribution is -2.41. The number of hydrogen-bond donors (Lipinski definition) is 2. The van der Waals surface area contributed by atoms with Crippen molar-refractivity contribution in [3.8, 4) is 0 Å². The average molecular weight is 315 g/mol. The van der Waals surface area contributed by atoms with Crippen LogP contribution in [0.1, 0.15) is 18.9 Å². The third-order valence-corrected chi connectivity index (χ3v) is 4.25. The van der Waals surface area contributed by atoms with Gasteiger partial charge >= 0.3 is 9.53 Å². The molecule has 0 saturated carbocycles. The molecule has 2 rings (SSSR count). The molecule has 0 radical (unpaired) electrons. The Hall–Kier alpha value is -0.763. The largest absolute Gasteiger partial charge is 0.483 e. The Morgan fingerprint density at radius 1 is 1.10 bits per heavy atom. The van der Waals surface area contributed by atoms with Gasteiger partial charge in [0.25, 0.3) is 0 Å². The second-order valence-electron chi connectivity index (χ2n) is 4.62. The fraction of sp³-hybridized carbons (Fsp3) is 0.600. The second kappa shape index (κ2) is 14.2. The van der Waals surface area contributed by atoms with Crippen LogP contribution in [0.15, 0.2) is 30.3 Å². The van der Waals surface area contributed by atoms with Crippen LogP contribution < -0.4 is 11.1 Å². The predicted molar refractivity (Wildman–Crippen MR) is 89.2 cm³/mol. The summed E-state index contributed by atoms with van der Waals surface area (Å²) in [5.74, 6) is 1.00. The molecule has 5 nitrogen and oxygen atoms in total. The minimum Gasteiger partial charge on any atom is -0.379 e. The maximum atomic E-state index is 5.35. The molecule has 1 saturated heterocycles. The lowest BCUT2D eigenvalue weighted by Gasteiger charge is -2.25. The van der Waals surface area contributed by atoms with Gasteiger partial charge in [0.1, 0.15) is 0 Å². The van der Waals surface area contributed by atoms with Crippen LogP contribution in [0.5, 0.6) is 0 Å². The van der Waals surface area contributed by atoms with Gasteiger partial charge in [-0.05, 0) is 24.6 Å². The van der Waals surface area contributed by atoms with Gasteiger partial charge in [0.2, 0.25) is 0 Å². The highest BCUT2D eigenvalue weighted by Crippen LogP contribution is 2.05. The third kappa shape index (κ3) is 10.6. The van der Waals surface area contributed by atoms with Crippen LogP contribution in [0.2, 0.25) is 0 Å². The molecule has 0 atom stereocenters. The average Bonchev–Trinajstić information content (AvgIpc) is 2.50. The predicted octanol–water partition coefficient (Wildman–Crippen LogP) is 1.40. The van der Waals surface area contributed by atoms with E-state index in [1.165, 1.54) is 25.1 Å². The summed E-state index contributed by atoms with van der Waals surface area (Å²) < 4.78 is 14.2. The molecule has 1 fully saturated rings. The number of nitrogens with two attached hydrogens (primary N) is 1. The Labute approximate surface area is 130 Å². The quantitative estimate of drug-likeness (QED) is 0.804. The van der Waals surface area contributed by atoms with Crippen LogP contribution in [0.4, 0.5) is 0 Å². The molecule has 1 aliphatic rings. The van der Waals surface area contributed by atoms with Gasteiger partial charge in [-0.3, -0.25) is 0 Å². The Morgan fingerprint density at radius 2 is 1.62 bits per heavy atom. The minimum atomic E-state index is -1.67. The van der Waals surface area contributed by atoms with Gasteiger partial charge in [0, 0.05) is 27.9 Å². The van der Waals surface area contributed by atoms with Crippen LogP contribution in [0.3, 0.4) is 0 Å². The highest BCUT2D eigenvalue weighted by molar-refractivity contribution is 6.36. The molecule has 1 aromatic rings. The lowest BCUT2D eigenvalue weighted by atomic mass is 10.0. The first kappa shape index (κ1) is 20.2. The van der Waals surface area contributed by atoms with Crippen molar-refractivity contribution < 1.29 is 13.3 Å². The van der Waals surface area contributed by atoms with E-state index in [1.807, 2.05) is 30.3 Å². The van der Waals surface area contributed by atoms with Crippen molar-refractivity contribution in [2.75, 3.05) is 34.4 Å². The maximum Gasteiger partial charge on any atom is 0.483 e. The molecule has 0 unspecified atom stereocenters. The van der Waals surface area contributed by atoms with Gasteiger partial charge in [-0.1, -0.05) is 43.7 Å². The summed E-state index contributed by atoms with van der Waals surface area (Å²) in [6.45, 7) is 5.40. The molecule has 1 aromatic carbocycles. The monoisotopic (exact) mass is 314 g/mol. The van der Waals surface area contributed by atoms with Gasteiger partial charge in [-0.2, -0.15) is 0 Å². The SMILES string of the molecule is CCC1CNC1.CO[SiH](OC)OC.NCc1ccccc1. The number of rotatable bonds is 5. The molecular weight excluding hydrogens is 284 g/mol. The van der Waals surface area contributed by atoms with E-state index < -0.39 is 9.53 Å². The Balaban J connectivity index is 0.000000289. The first-order chi connectivity index (χ1) is 10.2. The van der Waals surface area contributed by atoms with Gasteiger partial charge in [-0.25, -0.2) is 0 Å². The van der Waals surface area contributed by atoms with E-state index in [1.54, 1.807) is 21.3 Å². The molecule has 6 heteroatoms. The van der Waals surface area contributed by atoms with Crippen molar-refractivity contribution in [3.63, 3.8) is 0 Å². The van der Waals surface area contributed by atoms with Gasteiger partial charge in [0.15, 0.2) is 0 Å². The molecule has 0 bridgehead atoms. The lowest BCUT2D eigenvalue weighted by molar-refractivity contribution is 0.163. The Bertz CT molecular complexity index is 312. The molecule has 1 heterocycles. The Kier molecular flexibility index (Phi) is 13.7.